The summed E-state index contributed by atoms with van der Waals surface area (Å²) in [5, 5.41) is 3.28. The van der Waals surface area contributed by atoms with Crippen LogP contribution in [0.2, 0.25) is 0 Å². The molecule has 94 valence electrons. The highest BCUT2D eigenvalue weighted by atomic mass is 16.5. The number of hydrogen-bond acceptors (Lipinski definition) is 4. The van der Waals surface area contributed by atoms with Crippen LogP contribution in [0, 0.1) is 5.92 Å². The summed E-state index contributed by atoms with van der Waals surface area (Å²) in [4.78, 5) is 11.2. The molecule has 1 rings (SSSR count). The normalized spacial score (nSPS) is 11.9. The fourth-order valence-electron chi connectivity index (χ4n) is 1.48. The monoisotopic (exact) mass is 237 g/mol. The van der Waals surface area contributed by atoms with E-state index in [0.717, 1.165) is 18.8 Å². The zero-order chi connectivity index (χ0) is 12.7. The van der Waals surface area contributed by atoms with Gasteiger partial charge in [-0.05, 0) is 30.2 Å². The van der Waals surface area contributed by atoms with Gasteiger partial charge in [0.05, 0.1) is 19.3 Å². The summed E-state index contributed by atoms with van der Waals surface area (Å²) in [6, 6.07) is 7.22. The molecule has 4 heteroatoms. The van der Waals surface area contributed by atoms with Crippen molar-refractivity contribution >= 4 is 11.7 Å². The standard InChI is InChI=1S/C13H19NO3/c1-10(9-16-2)8-14-12-6-4-11(5-7-12)13(15)17-3/h4-7,10,14H,8-9H2,1-3H3. The van der Waals surface area contributed by atoms with Crippen molar-refractivity contribution in [1.29, 1.82) is 0 Å². The number of carbonyl (C=O) groups excluding carboxylic acids is 1. The minimum Gasteiger partial charge on any atom is -0.465 e. The van der Waals surface area contributed by atoms with Crippen molar-refractivity contribution in [3.8, 4) is 0 Å². The number of nitrogens with one attached hydrogen (secondary N) is 1. The molecule has 0 spiro atoms. The van der Waals surface area contributed by atoms with Crippen LogP contribution in [-0.4, -0.2) is 33.3 Å². The largest absolute Gasteiger partial charge is 0.465 e. The number of carbonyl (C=O) groups is 1. The van der Waals surface area contributed by atoms with Crippen LogP contribution in [0.25, 0.3) is 0 Å². The Bertz CT molecular complexity index is 348. The van der Waals surface area contributed by atoms with Gasteiger partial charge in [-0.2, -0.15) is 0 Å². The molecule has 0 amide bonds. The fourth-order valence-corrected chi connectivity index (χ4v) is 1.48. The van der Waals surface area contributed by atoms with Gasteiger partial charge in [-0.15, -0.1) is 0 Å². The lowest BCUT2D eigenvalue weighted by Crippen LogP contribution is -2.15. The van der Waals surface area contributed by atoms with Crippen LogP contribution in [0.5, 0.6) is 0 Å². The Hall–Kier alpha value is -1.55. The summed E-state index contributed by atoms with van der Waals surface area (Å²) in [6.07, 6.45) is 0. The van der Waals surface area contributed by atoms with Gasteiger partial charge >= 0.3 is 5.97 Å². The van der Waals surface area contributed by atoms with Gasteiger partial charge in [0.15, 0.2) is 0 Å². The Morgan fingerprint density at radius 3 is 2.47 bits per heavy atom. The Morgan fingerprint density at radius 1 is 1.29 bits per heavy atom. The van der Waals surface area contributed by atoms with E-state index in [0.29, 0.717) is 11.5 Å². The van der Waals surface area contributed by atoms with E-state index < -0.39 is 0 Å². The van der Waals surface area contributed by atoms with Gasteiger partial charge in [0.1, 0.15) is 0 Å². The van der Waals surface area contributed by atoms with Crippen molar-refractivity contribution in [3.63, 3.8) is 0 Å². The molecule has 1 aromatic carbocycles. The summed E-state index contributed by atoms with van der Waals surface area (Å²) < 4.78 is 9.69. The molecule has 0 aliphatic carbocycles. The fraction of sp³-hybridized carbons (Fsp3) is 0.462. The van der Waals surface area contributed by atoms with Crippen molar-refractivity contribution < 1.29 is 14.3 Å². The average Bonchev–Trinajstić information content (AvgIpc) is 2.36. The molecule has 0 fully saturated rings. The topological polar surface area (TPSA) is 47.6 Å². The second-order valence-corrected chi connectivity index (χ2v) is 4.01. The molecule has 1 unspecified atom stereocenters. The molecule has 0 aliphatic heterocycles. The molecule has 0 aromatic heterocycles. The molecular weight excluding hydrogens is 218 g/mol. The molecule has 0 aliphatic rings. The van der Waals surface area contributed by atoms with Crippen LogP contribution in [0.4, 0.5) is 5.69 Å². The maximum absolute atomic E-state index is 11.2. The van der Waals surface area contributed by atoms with E-state index in [2.05, 4.69) is 17.0 Å². The summed E-state index contributed by atoms with van der Waals surface area (Å²) in [5.41, 5.74) is 1.54. The van der Waals surface area contributed by atoms with Crippen molar-refractivity contribution in [2.75, 3.05) is 32.7 Å². The summed E-state index contributed by atoms with van der Waals surface area (Å²) in [6.45, 7) is 3.68. The van der Waals surface area contributed by atoms with E-state index in [1.54, 1.807) is 19.2 Å². The number of benzene rings is 1. The van der Waals surface area contributed by atoms with Crippen molar-refractivity contribution in [1.82, 2.24) is 0 Å². The van der Waals surface area contributed by atoms with Crippen LogP contribution in [0.1, 0.15) is 17.3 Å². The van der Waals surface area contributed by atoms with Crippen molar-refractivity contribution in [2.45, 2.75) is 6.92 Å². The predicted molar refractivity (Wildman–Crippen MR) is 67.3 cm³/mol. The van der Waals surface area contributed by atoms with Gasteiger partial charge < -0.3 is 14.8 Å². The molecule has 1 atom stereocenters. The number of methoxy groups -OCH3 is 2. The first-order valence-electron chi connectivity index (χ1n) is 5.58. The molecule has 1 aromatic rings. The van der Waals surface area contributed by atoms with Gasteiger partial charge in [-0.3, -0.25) is 0 Å². The molecule has 0 bridgehead atoms. The molecule has 0 radical (unpaired) electrons. The quantitative estimate of drug-likeness (QED) is 0.770. The van der Waals surface area contributed by atoms with E-state index in [4.69, 9.17) is 4.74 Å². The van der Waals surface area contributed by atoms with Crippen LogP contribution in [0.3, 0.4) is 0 Å². The highest BCUT2D eigenvalue weighted by Gasteiger charge is 2.05. The maximum Gasteiger partial charge on any atom is 0.337 e. The van der Waals surface area contributed by atoms with Gasteiger partial charge in [-0.1, -0.05) is 6.92 Å². The zero-order valence-electron chi connectivity index (χ0n) is 10.5. The van der Waals surface area contributed by atoms with Crippen LogP contribution < -0.4 is 5.32 Å². The first-order chi connectivity index (χ1) is 8.17. The zero-order valence-corrected chi connectivity index (χ0v) is 10.5. The van der Waals surface area contributed by atoms with E-state index >= 15 is 0 Å². The lowest BCUT2D eigenvalue weighted by molar-refractivity contribution is 0.0601. The number of rotatable bonds is 6. The Labute approximate surface area is 102 Å². The van der Waals surface area contributed by atoms with Gasteiger partial charge in [0, 0.05) is 19.3 Å². The minimum absolute atomic E-state index is 0.315. The third-order valence-electron chi connectivity index (χ3n) is 2.41. The molecule has 0 saturated heterocycles. The lowest BCUT2D eigenvalue weighted by atomic mass is 10.1. The van der Waals surface area contributed by atoms with Crippen molar-refractivity contribution in [3.05, 3.63) is 29.8 Å². The van der Waals surface area contributed by atoms with Crippen LogP contribution in [0.15, 0.2) is 24.3 Å². The summed E-state index contributed by atoms with van der Waals surface area (Å²) in [5.74, 6) is 0.129. The predicted octanol–water partition coefficient (Wildman–Crippen LogP) is 2.17. The first kappa shape index (κ1) is 13.5. The molecule has 17 heavy (non-hydrogen) atoms. The number of hydrogen-bond donors (Lipinski definition) is 1. The number of anilines is 1. The van der Waals surface area contributed by atoms with Crippen molar-refractivity contribution in [2.24, 2.45) is 5.92 Å². The number of esters is 1. The van der Waals surface area contributed by atoms with Crippen LogP contribution >= 0.6 is 0 Å². The lowest BCUT2D eigenvalue weighted by Gasteiger charge is -2.12. The smallest absolute Gasteiger partial charge is 0.337 e. The van der Waals surface area contributed by atoms with E-state index in [1.807, 2.05) is 12.1 Å². The SMILES string of the molecule is COCC(C)CNc1ccc(C(=O)OC)cc1. The van der Waals surface area contributed by atoms with E-state index in [9.17, 15) is 4.79 Å². The minimum atomic E-state index is -0.315. The summed E-state index contributed by atoms with van der Waals surface area (Å²) in [7, 11) is 3.07. The van der Waals surface area contributed by atoms with Gasteiger partial charge in [0.2, 0.25) is 0 Å². The molecular formula is C13H19NO3. The average molecular weight is 237 g/mol. The third kappa shape index (κ3) is 4.44. The molecule has 0 saturated carbocycles. The third-order valence-corrected chi connectivity index (χ3v) is 2.41. The van der Waals surface area contributed by atoms with E-state index in [1.165, 1.54) is 7.11 Å². The van der Waals surface area contributed by atoms with Gasteiger partial charge in [0.25, 0.3) is 0 Å². The second-order valence-electron chi connectivity index (χ2n) is 4.01. The Balaban J connectivity index is 2.48. The van der Waals surface area contributed by atoms with Gasteiger partial charge in [-0.25, -0.2) is 4.79 Å². The highest BCUT2D eigenvalue weighted by molar-refractivity contribution is 5.89. The maximum atomic E-state index is 11.2. The van der Waals surface area contributed by atoms with Crippen LogP contribution in [-0.2, 0) is 9.47 Å². The second kappa shape index (κ2) is 6.91. The first-order valence-corrected chi connectivity index (χ1v) is 5.58. The molecule has 1 N–H and O–H groups in total. The highest BCUT2D eigenvalue weighted by Crippen LogP contribution is 2.11. The molecule has 0 heterocycles. The Kier molecular flexibility index (Phi) is 5.49. The summed E-state index contributed by atoms with van der Waals surface area (Å²) >= 11 is 0. The number of ether oxygens (including phenoxy) is 2. The molecule has 4 nitrogen and oxygen atoms in total. The Morgan fingerprint density at radius 2 is 1.94 bits per heavy atom. The van der Waals surface area contributed by atoms with E-state index in [-0.39, 0.29) is 5.97 Å².